The Morgan fingerprint density at radius 1 is 1.09 bits per heavy atom. The van der Waals surface area contributed by atoms with Crippen LogP contribution < -0.4 is 10.7 Å². The van der Waals surface area contributed by atoms with Crippen LogP contribution in [0.1, 0.15) is 0 Å². The quantitative estimate of drug-likeness (QED) is 0.779. The molecule has 0 unspecified atom stereocenters. The van der Waals surface area contributed by atoms with Crippen LogP contribution in [0.5, 0.6) is 0 Å². The molecule has 0 saturated carbocycles. The van der Waals surface area contributed by atoms with Gasteiger partial charge in [-0.25, -0.2) is 17.9 Å². The Labute approximate surface area is 131 Å². The van der Waals surface area contributed by atoms with Crippen molar-refractivity contribution in [2.24, 2.45) is 12.2 Å². The lowest BCUT2D eigenvalue weighted by molar-refractivity contribution is 0.598. The van der Waals surface area contributed by atoms with E-state index in [0.29, 0.717) is 21.9 Å². The van der Waals surface area contributed by atoms with Gasteiger partial charge in [0, 0.05) is 24.2 Å². The van der Waals surface area contributed by atoms with Gasteiger partial charge < -0.3 is 4.57 Å². The lowest BCUT2D eigenvalue weighted by atomic mass is 10.0. The Balaban J connectivity index is 2.39. The van der Waals surface area contributed by atoms with Gasteiger partial charge in [-0.3, -0.25) is 4.79 Å². The first-order valence-electron chi connectivity index (χ1n) is 6.69. The molecule has 3 rings (SSSR count). The number of aryl methyl sites for hydroxylation is 1. The van der Waals surface area contributed by atoms with E-state index < -0.39 is 15.8 Å². The van der Waals surface area contributed by atoms with E-state index >= 15 is 0 Å². The molecule has 0 aliphatic heterocycles. The van der Waals surface area contributed by atoms with Crippen LogP contribution in [0.15, 0.2) is 58.4 Å². The van der Waals surface area contributed by atoms with Crippen LogP contribution in [0, 0.1) is 5.82 Å². The number of benzene rings is 2. The molecule has 0 fully saturated rings. The molecule has 1 heterocycles. The highest BCUT2D eigenvalue weighted by Gasteiger charge is 2.13. The predicted molar refractivity (Wildman–Crippen MR) is 86.0 cm³/mol. The van der Waals surface area contributed by atoms with Gasteiger partial charge in [-0.05, 0) is 41.3 Å². The number of nitrogens with two attached hydrogens (primary N) is 1. The second kappa shape index (κ2) is 5.29. The molecule has 23 heavy (non-hydrogen) atoms. The van der Waals surface area contributed by atoms with Crippen LogP contribution in [0.2, 0.25) is 0 Å². The standard InChI is InChI=1S/C16H13FN2O3S/c1-19-9-15(10-3-2-4-12(7-10)23(18,21)22)14-8-11(17)5-6-13(14)16(19)20/h2-9H,1H3,(H2,18,21,22). The lowest BCUT2D eigenvalue weighted by Crippen LogP contribution is -2.16. The zero-order valence-corrected chi connectivity index (χ0v) is 13.0. The maximum atomic E-state index is 13.6. The second-order valence-electron chi connectivity index (χ2n) is 5.22. The Kier molecular flexibility index (Phi) is 3.54. The molecule has 0 spiro atoms. The Morgan fingerprint density at radius 2 is 1.83 bits per heavy atom. The number of pyridine rings is 1. The fourth-order valence-corrected chi connectivity index (χ4v) is 3.07. The third kappa shape index (κ3) is 2.76. The largest absolute Gasteiger partial charge is 0.317 e. The van der Waals surface area contributed by atoms with Crippen molar-refractivity contribution in [3.63, 3.8) is 0 Å². The van der Waals surface area contributed by atoms with Crippen molar-refractivity contribution in [1.82, 2.24) is 4.57 Å². The van der Waals surface area contributed by atoms with Gasteiger partial charge >= 0.3 is 0 Å². The zero-order valence-electron chi connectivity index (χ0n) is 12.2. The van der Waals surface area contributed by atoms with E-state index in [1.54, 1.807) is 25.4 Å². The van der Waals surface area contributed by atoms with Crippen LogP contribution in [-0.4, -0.2) is 13.0 Å². The summed E-state index contributed by atoms with van der Waals surface area (Å²) in [5.74, 6) is -0.477. The number of nitrogens with zero attached hydrogens (tertiary/aromatic N) is 1. The summed E-state index contributed by atoms with van der Waals surface area (Å²) in [6.45, 7) is 0. The molecule has 0 amide bonds. The molecule has 0 aliphatic rings. The summed E-state index contributed by atoms with van der Waals surface area (Å²) in [6.07, 6.45) is 1.55. The van der Waals surface area contributed by atoms with E-state index in [1.807, 2.05) is 0 Å². The predicted octanol–water partition coefficient (Wildman–Crippen LogP) is 1.99. The van der Waals surface area contributed by atoms with E-state index in [1.165, 1.54) is 34.9 Å². The van der Waals surface area contributed by atoms with E-state index in [-0.39, 0.29) is 10.5 Å². The van der Waals surface area contributed by atoms with Crippen LogP contribution in [0.25, 0.3) is 21.9 Å². The summed E-state index contributed by atoms with van der Waals surface area (Å²) in [6, 6.07) is 9.90. The first kappa shape index (κ1) is 15.4. The van der Waals surface area contributed by atoms with Gasteiger partial charge in [0.05, 0.1) is 4.90 Å². The first-order valence-corrected chi connectivity index (χ1v) is 8.24. The maximum absolute atomic E-state index is 13.6. The van der Waals surface area contributed by atoms with E-state index in [0.717, 1.165) is 0 Å². The number of rotatable bonds is 2. The number of sulfonamides is 1. The topological polar surface area (TPSA) is 82.2 Å². The average Bonchev–Trinajstić information content (AvgIpc) is 2.50. The number of primary sulfonamides is 1. The number of fused-ring (bicyclic) bond motifs is 1. The molecule has 118 valence electrons. The van der Waals surface area contributed by atoms with Crippen molar-refractivity contribution in [3.05, 3.63) is 64.8 Å². The Morgan fingerprint density at radius 3 is 2.52 bits per heavy atom. The van der Waals surface area contributed by atoms with Crippen LogP contribution in [-0.2, 0) is 17.1 Å². The molecule has 2 N–H and O–H groups in total. The monoisotopic (exact) mass is 332 g/mol. The van der Waals surface area contributed by atoms with Crippen molar-refractivity contribution in [3.8, 4) is 11.1 Å². The van der Waals surface area contributed by atoms with Crippen molar-refractivity contribution in [2.75, 3.05) is 0 Å². The molecule has 1 aromatic heterocycles. The molecule has 3 aromatic rings. The van der Waals surface area contributed by atoms with Gasteiger partial charge in [-0.2, -0.15) is 0 Å². The highest BCUT2D eigenvalue weighted by atomic mass is 32.2. The minimum absolute atomic E-state index is 0.0478. The van der Waals surface area contributed by atoms with E-state index in [4.69, 9.17) is 5.14 Å². The third-order valence-electron chi connectivity index (χ3n) is 3.62. The van der Waals surface area contributed by atoms with E-state index in [2.05, 4.69) is 0 Å². The molecule has 0 radical (unpaired) electrons. The Bertz CT molecular complexity index is 1090. The molecule has 0 bridgehead atoms. The summed E-state index contributed by atoms with van der Waals surface area (Å²) in [5.41, 5.74) is 0.821. The first-order chi connectivity index (χ1) is 10.8. The fraction of sp³-hybridized carbons (Fsp3) is 0.0625. The van der Waals surface area contributed by atoms with E-state index in [9.17, 15) is 17.6 Å². The highest BCUT2D eigenvalue weighted by Crippen LogP contribution is 2.28. The van der Waals surface area contributed by atoms with Crippen LogP contribution >= 0.6 is 0 Å². The van der Waals surface area contributed by atoms with Crippen molar-refractivity contribution < 1.29 is 12.8 Å². The highest BCUT2D eigenvalue weighted by molar-refractivity contribution is 7.89. The summed E-state index contributed by atoms with van der Waals surface area (Å²) in [7, 11) is -2.27. The van der Waals surface area contributed by atoms with Crippen molar-refractivity contribution in [2.45, 2.75) is 4.90 Å². The molecule has 7 heteroatoms. The SMILES string of the molecule is Cn1cc(-c2cccc(S(N)(=O)=O)c2)c2cc(F)ccc2c1=O. The van der Waals surface area contributed by atoms with Crippen LogP contribution in [0.3, 0.4) is 0 Å². The zero-order chi connectivity index (χ0) is 16.8. The molecule has 5 nitrogen and oxygen atoms in total. The van der Waals surface area contributed by atoms with Gasteiger partial charge in [0.15, 0.2) is 0 Å². The summed E-state index contributed by atoms with van der Waals surface area (Å²) in [4.78, 5) is 12.1. The number of aromatic nitrogens is 1. The van der Waals surface area contributed by atoms with Gasteiger partial charge in [0.25, 0.3) is 5.56 Å². The smallest absolute Gasteiger partial charge is 0.258 e. The number of hydrogen-bond donors (Lipinski definition) is 1. The van der Waals surface area contributed by atoms with Gasteiger partial charge in [0.2, 0.25) is 10.0 Å². The Hall–Kier alpha value is -2.51. The average molecular weight is 332 g/mol. The molecular weight excluding hydrogens is 319 g/mol. The van der Waals surface area contributed by atoms with Crippen molar-refractivity contribution in [1.29, 1.82) is 0 Å². The molecule has 0 aliphatic carbocycles. The summed E-state index contributed by atoms with van der Waals surface area (Å²) < 4.78 is 38.0. The second-order valence-corrected chi connectivity index (χ2v) is 6.78. The minimum atomic E-state index is -3.86. The van der Waals surface area contributed by atoms with Gasteiger partial charge in [-0.1, -0.05) is 12.1 Å². The third-order valence-corrected chi connectivity index (χ3v) is 4.53. The maximum Gasteiger partial charge on any atom is 0.258 e. The molecule has 0 saturated heterocycles. The summed E-state index contributed by atoms with van der Waals surface area (Å²) in [5, 5.41) is 5.92. The number of halogens is 1. The van der Waals surface area contributed by atoms with Crippen LogP contribution in [0.4, 0.5) is 4.39 Å². The lowest BCUT2D eigenvalue weighted by Gasteiger charge is -2.10. The normalized spacial score (nSPS) is 11.8. The minimum Gasteiger partial charge on any atom is -0.317 e. The molecule has 0 atom stereocenters. The molecular formula is C16H13FN2O3S. The number of hydrogen-bond acceptors (Lipinski definition) is 3. The summed E-state index contributed by atoms with van der Waals surface area (Å²) >= 11 is 0. The molecule has 2 aromatic carbocycles. The fourth-order valence-electron chi connectivity index (χ4n) is 2.51. The van der Waals surface area contributed by atoms with Gasteiger partial charge in [0.1, 0.15) is 5.82 Å². The van der Waals surface area contributed by atoms with Crippen molar-refractivity contribution >= 4 is 20.8 Å². The van der Waals surface area contributed by atoms with Gasteiger partial charge in [-0.15, -0.1) is 0 Å².